The molecule has 0 saturated carbocycles. The third-order valence-electron chi connectivity index (χ3n) is 3.24. The molecule has 110 valence electrons. The Hall–Kier alpha value is -1.65. The van der Waals surface area contributed by atoms with E-state index in [0.29, 0.717) is 24.2 Å². The largest absolute Gasteiger partial charge is 0.491 e. The quantitative estimate of drug-likeness (QED) is 0.812. The normalized spacial score (nSPS) is 14.1. The van der Waals surface area contributed by atoms with Gasteiger partial charge < -0.3 is 9.47 Å². The van der Waals surface area contributed by atoms with E-state index in [1.807, 2.05) is 38.1 Å². The van der Waals surface area contributed by atoms with Crippen LogP contribution in [0.3, 0.4) is 0 Å². The monoisotopic (exact) mass is 304 g/mol. The summed E-state index contributed by atoms with van der Waals surface area (Å²) in [6.45, 7) is 5.17. The number of hydrogen-bond donors (Lipinski definition) is 0. The number of benzene rings is 1. The molecule has 1 aromatic heterocycles. The first kappa shape index (κ1) is 14.3. The molecule has 0 fully saturated rings. The van der Waals surface area contributed by atoms with Gasteiger partial charge in [0.05, 0.1) is 25.0 Å². The highest BCUT2D eigenvalue weighted by molar-refractivity contribution is 6.30. The number of hydrogen-bond acceptors (Lipinski definition) is 4. The molecule has 0 aliphatic carbocycles. The van der Waals surface area contributed by atoms with E-state index < -0.39 is 0 Å². The molecule has 0 unspecified atom stereocenters. The third kappa shape index (κ3) is 3.17. The van der Waals surface area contributed by atoms with Gasteiger partial charge in [-0.15, -0.1) is 0 Å². The SMILES string of the molecule is CC(C)Oc1cccc(-c2nc(Cl)c3c(n2)CCOC3)c1. The molecule has 0 radical (unpaired) electrons. The zero-order chi connectivity index (χ0) is 14.8. The summed E-state index contributed by atoms with van der Waals surface area (Å²) in [6, 6.07) is 7.77. The Balaban J connectivity index is 1.98. The molecule has 5 heteroatoms. The van der Waals surface area contributed by atoms with E-state index in [0.717, 1.165) is 29.0 Å². The second kappa shape index (κ2) is 6.00. The molecule has 1 aliphatic rings. The molecule has 0 atom stereocenters. The van der Waals surface area contributed by atoms with Crippen molar-refractivity contribution in [3.05, 3.63) is 40.7 Å². The molecule has 1 aliphatic heterocycles. The van der Waals surface area contributed by atoms with Gasteiger partial charge in [-0.1, -0.05) is 23.7 Å². The van der Waals surface area contributed by atoms with Gasteiger partial charge in [0.25, 0.3) is 0 Å². The minimum atomic E-state index is 0.130. The van der Waals surface area contributed by atoms with Gasteiger partial charge in [-0.3, -0.25) is 0 Å². The summed E-state index contributed by atoms with van der Waals surface area (Å²) < 4.78 is 11.1. The minimum absolute atomic E-state index is 0.130. The molecule has 2 aromatic rings. The van der Waals surface area contributed by atoms with Gasteiger partial charge >= 0.3 is 0 Å². The molecule has 0 spiro atoms. The maximum atomic E-state index is 6.26. The Morgan fingerprint density at radius 1 is 1.29 bits per heavy atom. The van der Waals surface area contributed by atoms with Crippen LogP contribution in [0, 0.1) is 0 Å². The number of nitrogens with zero attached hydrogens (tertiary/aromatic N) is 2. The Kier molecular flexibility index (Phi) is 4.08. The van der Waals surface area contributed by atoms with E-state index in [9.17, 15) is 0 Å². The van der Waals surface area contributed by atoms with Crippen molar-refractivity contribution in [1.82, 2.24) is 9.97 Å². The van der Waals surface area contributed by atoms with Crippen LogP contribution in [-0.2, 0) is 17.8 Å². The summed E-state index contributed by atoms with van der Waals surface area (Å²) in [4.78, 5) is 9.03. The summed E-state index contributed by atoms with van der Waals surface area (Å²) in [7, 11) is 0. The number of aromatic nitrogens is 2. The zero-order valence-corrected chi connectivity index (χ0v) is 12.9. The third-order valence-corrected chi connectivity index (χ3v) is 3.55. The lowest BCUT2D eigenvalue weighted by molar-refractivity contribution is 0.109. The van der Waals surface area contributed by atoms with Gasteiger partial charge in [0.15, 0.2) is 5.82 Å². The van der Waals surface area contributed by atoms with E-state index in [1.165, 1.54) is 0 Å². The van der Waals surface area contributed by atoms with Crippen molar-refractivity contribution in [3.63, 3.8) is 0 Å². The molecule has 0 saturated heterocycles. The first-order valence-electron chi connectivity index (χ1n) is 7.03. The lowest BCUT2D eigenvalue weighted by atomic mass is 10.1. The Morgan fingerprint density at radius 3 is 2.95 bits per heavy atom. The van der Waals surface area contributed by atoms with Crippen molar-refractivity contribution in [1.29, 1.82) is 0 Å². The van der Waals surface area contributed by atoms with Gasteiger partial charge in [0.2, 0.25) is 0 Å². The number of fused-ring (bicyclic) bond motifs is 1. The number of rotatable bonds is 3. The van der Waals surface area contributed by atoms with Crippen molar-refractivity contribution < 1.29 is 9.47 Å². The fourth-order valence-corrected chi connectivity index (χ4v) is 2.55. The van der Waals surface area contributed by atoms with Crippen molar-refractivity contribution >= 4 is 11.6 Å². The van der Waals surface area contributed by atoms with Crippen LogP contribution in [0.4, 0.5) is 0 Å². The molecular formula is C16H17ClN2O2. The van der Waals surface area contributed by atoms with E-state index in [2.05, 4.69) is 9.97 Å². The molecule has 0 bridgehead atoms. The van der Waals surface area contributed by atoms with Crippen LogP contribution in [0.5, 0.6) is 5.75 Å². The minimum Gasteiger partial charge on any atom is -0.491 e. The van der Waals surface area contributed by atoms with E-state index in [4.69, 9.17) is 21.1 Å². The molecule has 21 heavy (non-hydrogen) atoms. The summed E-state index contributed by atoms with van der Waals surface area (Å²) in [5.41, 5.74) is 2.79. The predicted octanol–water partition coefficient (Wildman–Crippen LogP) is 3.66. The first-order valence-corrected chi connectivity index (χ1v) is 7.41. The van der Waals surface area contributed by atoms with Crippen molar-refractivity contribution in [2.45, 2.75) is 33.0 Å². The summed E-state index contributed by atoms with van der Waals surface area (Å²) in [5, 5.41) is 0.477. The molecule has 4 nitrogen and oxygen atoms in total. The average Bonchev–Trinajstić information content (AvgIpc) is 2.47. The molecule has 0 amide bonds. The van der Waals surface area contributed by atoms with Gasteiger partial charge in [0.1, 0.15) is 10.9 Å². The second-order valence-electron chi connectivity index (χ2n) is 5.26. The van der Waals surface area contributed by atoms with Crippen molar-refractivity contribution in [2.75, 3.05) is 6.61 Å². The summed E-state index contributed by atoms with van der Waals surface area (Å²) in [6.07, 6.45) is 0.901. The summed E-state index contributed by atoms with van der Waals surface area (Å²) >= 11 is 6.26. The fourth-order valence-electron chi connectivity index (χ4n) is 2.30. The molecule has 3 rings (SSSR count). The Morgan fingerprint density at radius 2 is 2.14 bits per heavy atom. The lowest BCUT2D eigenvalue weighted by Gasteiger charge is -2.17. The zero-order valence-electron chi connectivity index (χ0n) is 12.1. The predicted molar refractivity (Wildman–Crippen MR) is 81.6 cm³/mol. The van der Waals surface area contributed by atoms with Gasteiger partial charge in [-0.25, -0.2) is 9.97 Å². The van der Waals surface area contributed by atoms with Crippen LogP contribution < -0.4 is 4.74 Å². The van der Waals surface area contributed by atoms with Crippen LogP contribution in [-0.4, -0.2) is 22.7 Å². The fraction of sp³-hybridized carbons (Fsp3) is 0.375. The van der Waals surface area contributed by atoms with Crippen molar-refractivity contribution in [3.8, 4) is 17.1 Å². The van der Waals surface area contributed by atoms with Gasteiger partial charge in [-0.05, 0) is 26.0 Å². The second-order valence-corrected chi connectivity index (χ2v) is 5.62. The maximum absolute atomic E-state index is 6.26. The summed E-state index contributed by atoms with van der Waals surface area (Å²) in [5.74, 6) is 1.44. The number of ether oxygens (including phenoxy) is 2. The van der Waals surface area contributed by atoms with Crippen LogP contribution in [0.1, 0.15) is 25.1 Å². The highest BCUT2D eigenvalue weighted by Crippen LogP contribution is 2.27. The molecule has 0 N–H and O–H groups in total. The van der Waals surface area contributed by atoms with Gasteiger partial charge in [0, 0.05) is 17.5 Å². The number of halogens is 1. The highest BCUT2D eigenvalue weighted by atomic mass is 35.5. The molecule has 2 heterocycles. The van der Waals surface area contributed by atoms with Crippen LogP contribution in [0.15, 0.2) is 24.3 Å². The standard InChI is InChI=1S/C16H17ClN2O2/c1-10(2)21-12-5-3-4-11(8-12)16-18-14-6-7-20-9-13(14)15(17)19-16/h3-5,8,10H,6-7,9H2,1-2H3. The van der Waals surface area contributed by atoms with E-state index in [-0.39, 0.29) is 6.10 Å². The topological polar surface area (TPSA) is 44.2 Å². The average molecular weight is 305 g/mol. The highest BCUT2D eigenvalue weighted by Gasteiger charge is 2.18. The molecule has 1 aromatic carbocycles. The van der Waals surface area contributed by atoms with Crippen molar-refractivity contribution in [2.24, 2.45) is 0 Å². The molecular weight excluding hydrogens is 288 g/mol. The first-order chi connectivity index (χ1) is 10.1. The Labute approximate surface area is 129 Å². The lowest BCUT2D eigenvalue weighted by Crippen LogP contribution is -2.14. The smallest absolute Gasteiger partial charge is 0.161 e. The van der Waals surface area contributed by atoms with E-state index in [1.54, 1.807) is 0 Å². The van der Waals surface area contributed by atoms with Crippen LogP contribution in [0.25, 0.3) is 11.4 Å². The maximum Gasteiger partial charge on any atom is 0.161 e. The van der Waals surface area contributed by atoms with Crippen LogP contribution in [0.2, 0.25) is 5.15 Å². The Bertz CT molecular complexity index is 659. The van der Waals surface area contributed by atoms with Gasteiger partial charge in [-0.2, -0.15) is 0 Å². The van der Waals surface area contributed by atoms with Crippen LogP contribution >= 0.6 is 11.6 Å². The van der Waals surface area contributed by atoms with E-state index >= 15 is 0 Å².